The van der Waals surface area contributed by atoms with E-state index in [0.29, 0.717) is 29.3 Å². The number of anilines is 1. The van der Waals surface area contributed by atoms with Gasteiger partial charge in [0.05, 0.1) is 0 Å². The van der Waals surface area contributed by atoms with Crippen molar-refractivity contribution in [1.29, 1.82) is 0 Å². The Hall–Kier alpha value is -4.03. The summed E-state index contributed by atoms with van der Waals surface area (Å²) in [7, 11) is 0. The predicted octanol–water partition coefficient (Wildman–Crippen LogP) is 3.55. The first-order valence-electron chi connectivity index (χ1n) is 11.4. The molecule has 0 saturated carbocycles. The summed E-state index contributed by atoms with van der Waals surface area (Å²) >= 11 is 0. The standard InChI is InChI=1S/C23H22F3N7O3/c1-13-5-6-19-30-31-20(33(13)19)16-3-2-4-18(28-16)29-21(34)17-9-15-11-32(8-7-14(15)10-27-17)22(35)36-12-23(24,25)26/h2-4,9-10,13H,5-8,11-12H2,1H3,(H,28,29,34)/t13-/m0/s1. The summed E-state index contributed by atoms with van der Waals surface area (Å²) in [5, 5.41) is 11.2. The number of carbonyl (C=O) groups excluding carboxylic acids is 2. The molecule has 3 aromatic rings. The minimum Gasteiger partial charge on any atom is -0.440 e. The van der Waals surface area contributed by atoms with Crippen molar-refractivity contribution in [1.82, 2.24) is 29.6 Å². The molecule has 5 heterocycles. The van der Waals surface area contributed by atoms with E-state index in [-0.39, 0.29) is 24.8 Å². The Bertz CT molecular complexity index is 1320. The van der Waals surface area contributed by atoms with Gasteiger partial charge in [-0.1, -0.05) is 6.07 Å². The van der Waals surface area contributed by atoms with E-state index < -0.39 is 24.8 Å². The normalized spacial score (nSPS) is 16.9. The number of ether oxygens (including phenoxy) is 1. The fourth-order valence-corrected chi connectivity index (χ4v) is 4.36. The van der Waals surface area contributed by atoms with Crippen LogP contribution in [0.25, 0.3) is 11.5 Å². The molecule has 3 aromatic heterocycles. The molecule has 5 rings (SSSR count). The lowest BCUT2D eigenvalue weighted by Crippen LogP contribution is -2.38. The lowest BCUT2D eigenvalue weighted by molar-refractivity contribution is -0.162. The molecule has 0 aromatic carbocycles. The monoisotopic (exact) mass is 501 g/mol. The highest BCUT2D eigenvalue weighted by Gasteiger charge is 2.32. The number of hydrogen-bond acceptors (Lipinski definition) is 7. The Labute approximate surface area is 203 Å². The molecule has 13 heteroatoms. The van der Waals surface area contributed by atoms with Crippen LogP contribution in [0.15, 0.2) is 30.5 Å². The number of nitrogens with zero attached hydrogens (tertiary/aromatic N) is 6. The molecule has 0 saturated heterocycles. The van der Waals surface area contributed by atoms with Crippen LogP contribution in [0.3, 0.4) is 0 Å². The summed E-state index contributed by atoms with van der Waals surface area (Å²) in [4.78, 5) is 34.8. The number of alkyl halides is 3. The summed E-state index contributed by atoms with van der Waals surface area (Å²) < 4.78 is 43.5. The fraction of sp³-hybridized carbons (Fsp3) is 0.391. The van der Waals surface area contributed by atoms with E-state index in [9.17, 15) is 22.8 Å². The van der Waals surface area contributed by atoms with Crippen LogP contribution >= 0.6 is 0 Å². The molecule has 1 atom stereocenters. The molecule has 2 aliphatic heterocycles. The SMILES string of the molecule is C[C@H]1CCc2nnc(-c3cccc(NC(=O)c4cc5c(cn4)CCN(C(=O)OCC(F)(F)F)C5)n3)n21. The second-order valence-corrected chi connectivity index (χ2v) is 8.74. The third-order valence-electron chi connectivity index (χ3n) is 6.16. The molecule has 0 aliphatic carbocycles. The third-order valence-corrected chi connectivity index (χ3v) is 6.16. The van der Waals surface area contributed by atoms with E-state index in [2.05, 4.69) is 37.1 Å². The Morgan fingerprint density at radius 1 is 1.19 bits per heavy atom. The third kappa shape index (κ3) is 4.86. The second-order valence-electron chi connectivity index (χ2n) is 8.74. The van der Waals surface area contributed by atoms with Gasteiger partial charge in [0.1, 0.15) is 23.0 Å². The van der Waals surface area contributed by atoms with Crippen molar-refractivity contribution in [2.75, 3.05) is 18.5 Å². The average Bonchev–Trinajstić information content (AvgIpc) is 3.44. The average molecular weight is 501 g/mol. The van der Waals surface area contributed by atoms with Crippen LogP contribution in [0.1, 0.15) is 46.8 Å². The van der Waals surface area contributed by atoms with E-state index >= 15 is 0 Å². The number of aryl methyl sites for hydroxylation is 1. The molecule has 10 nitrogen and oxygen atoms in total. The number of carbonyl (C=O) groups is 2. The minimum atomic E-state index is -4.60. The first-order chi connectivity index (χ1) is 17.2. The van der Waals surface area contributed by atoms with Gasteiger partial charge in [0.25, 0.3) is 5.91 Å². The van der Waals surface area contributed by atoms with Gasteiger partial charge < -0.3 is 19.5 Å². The van der Waals surface area contributed by atoms with Gasteiger partial charge in [-0.25, -0.2) is 9.78 Å². The van der Waals surface area contributed by atoms with E-state index in [0.717, 1.165) is 24.2 Å². The summed E-state index contributed by atoms with van der Waals surface area (Å²) in [5.41, 5.74) is 2.08. The Kier molecular flexibility index (Phi) is 6.06. The molecule has 0 fully saturated rings. The highest BCUT2D eigenvalue weighted by Crippen LogP contribution is 2.30. The lowest BCUT2D eigenvalue weighted by atomic mass is 10.0. The number of amides is 2. The molecule has 0 radical (unpaired) electrons. The van der Waals surface area contributed by atoms with E-state index in [4.69, 9.17) is 0 Å². The van der Waals surface area contributed by atoms with Gasteiger partial charge in [0.15, 0.2) is 12.4 Å². The number of halogens is 3. The largest absolute Gasteiger partial charge is 0.440 e. The number of pyridine rings is 2. The van der Waals surface area contributed by atoms with E-state index in [1.54, 1.807) is 18.2 Å². The van der Waals surface area contributed by atoms with Gasteiger partial charge in [-0.3, -0.25) is 9.78 Å². The van der Waals surface area contributed by atoms with Gasteiger partial charge in [-0.15, -0.1) is 10.2 Å². The summed E-state index contributed by atoms with van der Waals surface area (Å²) in [5.74, 6) is 1.33. The zero-order valence-corrected chi connectivity index (χ0v) is 19.2. The number of hydrogen-bond donors (Lipinski definition) is 1. The molecular formula is C23H22F3N7O3. The Morgan fingerprint density at radius 3 is 2.83 bits per heavy atom. The topological polar surface area (TPSA) is 115 Å². The van der Waals surface area contributed by atoms with Crippen molar-refractivity contribution < 1.29 is 27.5 Å². The van der Waals surface area contributed by atoms with Gasteiger partial charge >= 0.3 is 12.3 Å². The summed E-state index contributed by atoms with van der Waals surface area (Å²) in [6.07, 6.45) is -1.90. The van der Waals surface area contributed by atoms with Crippen LogP contribution in [-0.4, -0.2) is 61.0 Å². The maximum absolute atomic E-state index is 12.9. The molecular weight excluding hydrogens is 479 g/mol. The minimum absolute atomic E-state index is 0.0126. The zero-order chi connectivity index (χ0) is 25.4. The molecule has 0 bridgehead atoms. The maximum Gasteiger partial charge on any atom is 0.422 e. The second kappa shape index (κ2) is 9.21. The molecule has 188 valence electrons. The number of rotatable bonds is 4. The van der Waals surface area contributed by atoms with Crippen molar-refractivity contribution >= 4 is 17.8 Å². The first kappa shape index (κ1) is 23.7. The van der Waals surface area contributed by atoms with Crippen molar-refractivity contribution in [3.05, 3.63) is 53.1 Å². The molecule has 36 heavy (non-hydrogen) atoms. The fourth-order valence-electron chi connectivity index (χ4n) is 4.36. The number of fused-ring (bicyclic) bond motifs is 2. The molecule has 2 aliphatic rings. The quantitative estimate of drug-likeness (QED) is 0.581. The van der Waals surface area contributed by atoms with Gasteiger partial charge in [0, 0.05) is 31.7 Å². The van der Waals surface area contributed by atoms with E-state index in [1.807, 2.05) is 4.57 Å². The highest BCUT2D eigenvalue weighted by atomic mass is 19.4. The molecule has 0 unspecified atom stereocenters. The van der Waals surface area contributed by atoms with Crippen molar-refractivity contribution in [2.45, 2.75) is 44.9 Å². The first-order valence-corrected chi connectivity index (χ1v) is 11.4. The summed E-state index contributed by atoms with van der Waals surface area (Å²) in [6, 6.07) is 6.97. The van der Waals surface area contributed by atoms with Crippen molar-refractivity contribution in [3.63, 3.8) is 0 Å². The summed E-state index contributed by atoms with van der Waals surface area (Å²) in [6.45, 7) is 0.646. The predicted molar refractivity (Wildman–Crippen MR) is 120 cm³/mol. The maximum atomic E-state index is 12.9. The van der Waals surface area contributed by atoms with Crippen LogP contribution in [0.4, 0.5) is 23.8 Å². The number of nitrogens with one attached hydrogen (secondary N) is 1. The number of aromatic nitrogens is 5. The van der Waals surface area contributed by atoms with Crippen LogP contribution in [0.5, 0.6) is 0 Å². The Morgan fingerprint density at radius 2 is 2.03 bits per heavy atom. The highest BCUT2D eigenvalue weighted by molar-refractivity contribution is 6.02. The van der Waals surface area contributed by atoms with Crippen LogP contribution in [0, 0.1) is 0 Å². The van der Waals surface area contributed by atoms with Crippen LogP contribution < -0.4 is 5.32 Å². The van der Waals surface area contributed by atoms with Gasteiger partial charge in [0.2, 0.25) is 0 Å². The van der Waals surface area contributed by atoms with Crippen molar-refractivity contribution in [3.8, 4) is 11.5 Å². The van der Waals surface area contributed by atoms with Gasteiger partial charge in [-0.05, 0) is 49.1 Å². The molecule has 2 amide bonds. The zero-order valence-electron chi connectivity index (χ0n) is 19.2. The molecule has 1 N–H and O–H groups in total. The van der Waals surface area contributed by atoms with Crippen molar-refractivity contribution in [2.24, 2.45) is 0 Å². The van der Waals surface area contributed by atoms with Crippen LogP contribution in [-0.2, 0) is 24.1 Å². The lowest BCUT2D eigenvalue weighted by Gasteiger charge is -2.28. The van der Waals surface area contributed by atoms with Gasteiger partial charge in [-0.2, -0.15) is 13.2 Å². The van der Waals surface area contributed by atoms with E-state index in [1.165, 1.54) is 17.2 Å². The van der Waals surface area contributed by atoms with Crippen LogP contribution in [0.2, 0.25) is 0 Å². The smallest absolute Gasteiger partial charge is 0.422 e. The molecule has 0 spiro atoms. The Balaban J connectivity index is 1.29.